The Morgan fingerprint density at radius 3 is 2.70 bits per heavy atom. The van der Waals surface area contributed by atoms with Crippen LogP contribution in [0.25, 0.3) is 0 Å². The number of rotatable bonds is 5. The summed E-state index contributed by atoms with van der Waals surface area (Å²) in [6.45, 7) is 2.02. The number of sulfonamides is 1. The summed E-state index contributed by atoms with van der Waals surface area (Å²) in [7, 11) is -1.64. The molecule has 1 fully saturated rings. The van der Waals surface area contributed by atoms with E-state index in [1.165, 1.54) is 4.31 Å². The molecule has 5 nitrogen and oxygen atoms in total. The van der Waals surface area contributed by atoms with Crippen molar-refractivity contribution >= 4 is 15.7 Å². The predicted molar refractivity (Wildman–Crippen MR) is 79.7 cm³/mol. The van der Waals surface area contributed by atoms with Crippen molar-refractivity contribution in [1.29, 1.82) is 0 Å². The van der Waals surface area contributed by atoms with Gasteiger partial charge in [0.05, 0.1) is 5.75 Å². The van der Waals surface area contributed by atoms with Crippen LogP contribution in [0.5, 0.6) is 0 Å². The van der Waals surface area contributed by atoms with E-state index in [0.717, 1.165) is 31.6 Å². The predicted octanol–water partition coefficient (Wildman–Crippen LogP) is 1.46. The quantitative estimate of drug-likeness (QED) is 0.835. The second-order valence-electron chi connectivity index (χ2n) is 5.34. The SMILES string of the molecule is CN(CC1CCOCC1)S(=O)(=O)Cc1cccc(N)c1. The lowest BCUT2D eigenvalue weighted by atomic mass is 10.0. The van der Waals surface area contributed by atoms with Crippen LogP contribution >= 0.6 is 0 Å². The van der Waals surface area contributed by atoms with Crippen molar-refractivity contribution in [2.24, 2.45) is 5.92 Å². The van der Waals surface area contributed by atoms with Crippen molar-refractivity contribution in [2.45, 2.75) is 18.6 Å². The van der Waals surface area contributed by atoms with Gasteiger partial charge in [0, 0.05) is 32.5 Å². The molecule has 20 heavy (non-hydrogen) atoms. The van der Waals surface area contributed by atoms with Crippen molar-refractivity contribution in [2.75, 3.05) is 32.5 Å². The van der Waals surface area contributed by atoms with E-state index in [-0.39, 0.29) is 5.75 Å². The third-order valence-corrected chi connectivity index (χ3v) is 5.43. The Morgan fingerprint density at radius 1 is 1.35 bits per heavy atom. The molecule has 2 N–H and O–H groups in total. The number of nitrogen functional groups attached to an aromatic ring is 1. The van der Waals surface area contributed by atoms with Crippen LogP contribution in [0.2, 0.25) is 0 Å². The van der Waals surface area contributed by atoms with Gasteiger partial charge in [-0.25, -0.2) is 12.7 Å². The summed E-state index contributed by atoms with van der Waals surface area (Å²) < 4.78 is 31.4. The van der Waals surface area contributed by atoms with Gasteiger partial charge in [-0.2, -0.15) is 0 Å². The Morgan fingerprint density at radius 2 is 2.05 bits per heavy atom. The van der Waals surface area contributed by atoms with Crippen LogP contribution in [0.3, 0.4) is 0 Å². The zero-order valence-electron chi connectivity index (χ0n) is 11.8. The molecule has 0 spiro atoms. The number of anilines is 1. The second-order valence-corrected chi connectivity index (χ2v) is 7.41. The summed E-state index contributed by atoms with van der Waals surface area (Å²) in [5.41, 5.74) is 6.99. The third kappa shape index (κ3) is 4.19. The molecule has 0 aromatic heterocycles. The fourth-order valence-corrected chi connectivity index (χ4v) is 3.67. The molecule has 0 atom stereocenters. The molecule has 0 unspecified atom stereocenters. The molecule has 2 rings (SSSR count). The highest BCUT2D eigenvalue weighted by atomic mass is 32.2. The summed E-state index contributed by atoms with van der Waals surface area (Å²) in [6, 6.07) is 7.02. The minimum atomic E-state index is -3.29. The van der Waals surface area contributed by atoms with Crippen LogP contribution in [-0.2, 0) is 20.5 Å². The van der Waals surface area contributed by atoms with Gasteiger partial charge in [0.1, 0.15) is 0 Å². The largest absolute Gasteiger partial charge is 0.399 e. The van der Waals surface area contributed by atoms with Gasteiger partial charge < -0.3 is 10.5 Å². The first-order valence-corrected chi connectivity index (χ1v) is 8.44. The molecule has 112 valence electrons. The van der Waals surface area contributed by atoms with Crippen molar-refractivity contribution in [1.82, 2.24) is 4.31 Å². The zero-order chi connectivity index (χ0) is 14.6. The Hall–Kier alpha value is -1.11. The van der Waals surface area contributed by atoms with Gasteiger partial charge in [-0.05, 0) is 36.5 Å². The van der Waals surface area contributed by atoms with Gasteiger partial charge in [0.2, 0.25) is 10.0 Å². The Kier molecular flexibility index (Phi) is 5.01. The molecule has 0 aliphatic carbocycles. The molecule has 0 saturated carbocycles. The van der Waals surface area contributed by atoms with Crippen molar-refractivity contribution in [3.05, 3.63) is 29.8 Å². The van der Waals surface area contributed by atoms with E-state index in [9.17, 15) is 8.42 Å². The Balaban J connectivity index is 1.98. The standard InChI is InChI=1S/C14H22N2O3S/c1-16(10-12-5-7-19-8-6-12)20(17,18)11-13-3-2-4-14(15)9-13/h2-4,9,12H,5-8,10-11,15H2,1H3. The van der Waals surface area contributed by atoms with Crippen LogP contribution in [0, 0.1) is 5.92 Å². The number of benzene rings is 1. The van der Waals surface area contributed by atoms with Crippen molar-refractivity contribution < 1.29 is 13.2 Å². The Labute approximate surface area is 120 Å². The van der Waals surface area contributed by atoms with E-state index in [0.29, 0.717) is 18.2 Å². The van der Waals surface area contributed by atoms with Gasteiger partial charge in [0.25, 0.3) is 0 Å². The summed E-state index contributed by atoms with van der Waals surface area (Å²) in [5, 5.41) is 0. The summed E-state index contributed by atoms with van der Waals surface area (Å²) >= 11 is 0. The molecule has 0 bridgehead atoms. The second kappa shape index (κ2) is 6.56. The van der Waals surface area contributed by atoms with E-state index >= 15 is 0 Å². The molecular formula is C14H22N2O3S. The van der Waals surface area contributed by atoms with Crippen LogP contribution in [-0.4, -0.2) is 39.5 Å². The van der Waals surface area contributed by atoms with Gasteiger partial charge in [-0.1, -0.05) is 12.1 Å². The molecule has 6 heteroatoms. The number of nitrogens with zero attached hydrogens (tertiary/aromatic N) is 1. The molecule has 1 aliphatic heterocycles. The van der Waals surface area contributed by atoms with Gasteiger partial charge >= 0.3 is 0 Å². The van der Waals surface area contributed by atoms with E-state index in [2.05, 4.69) is 0 Å². The maximum atomic E-state index is 12.3. The topological polar surface area (TPSA) is 72.6 Å². The molecule has 1 heterocycles. The highest BCUT2D eigenvalue weighted by Crippen LogP contribution is 2.19. The van der Waals surface area contributed by atoms with E-state index in [1.54, 1.807) is 31.3 Å². The maximum Gasteiger partial charge on any atom is 0.218 e. The summed E-state index contributed by atoms with van der Waals surface area (Å²) in [6.07, 6.45) is 1.86. The van der Waals surface area contributed by atoms with Gasteiger partial charge in [-0.3, -0.25) is 0 Å². The lowest BCUT2D eigenvalue weighted by Crippen LogP contribution is -2.34. The fraction of sp³-hybridized carbons (Fsp3) is 0.571. The van der Waals surface area contributed by atoms with Crippen molar-refractivity contribution in [3.8, 4) is 0 Å². The highest BCUT2D eigenvalue weighted by Gasteiger charge is 2.23. The molecule has 1 saturated heterocycles. The molecule has 0 amide bonds. The normalized spacial score (nSPS) is 17.5. The summed E-state index contributed by atoms with van der Waals surface area (Å²) in [4.78, 5) is 0. The van der Waals surface area contributed by atoms with Gasteiger partial charge in [0.15, 0.2) is 0 Å². The molecule has 1 aliphatic rings. The zero-order valence-corrected chi connectivity index (χ0v) is 12.6. The Bertz CT molecular complexity index is 539. The van der Waals surface area contributed by atoms with E-state index in [1.807, 2.05) is 0 Å². The van der Waals surface area contributed by atoms with E-state index in [4.69, 9.17) is 10.5 Å². The lowest BCUT2D eigenvalue weighted by Gasteiger charge is -2.26. The first kappa shape index (κ1) is 15.3. The fourth-order valence-electron chi connectivity index (χ4n) is 2.41. The molecule has 0 radical (unpaired) electrons. The molecule has 1 aromatic rings. The molecule has 1 aromatic carbocycles. The minimum absolute atomic E-state index is 0.00222. The smallest absolute Gasteiger partial charge is 0.218 e. The number of hydrogen-bond acceptors (Lipinski definition) is 4. The number of nitrogens with two attached hydrogens (primary N) is 1. The first-order chi connectivity index (χ1) is 9.47. The van der Waals surface area contributed by atoms with Crippen LogP contribution in [0.4, 0.5) is 5.69 Å². The monoisotopic (exact) mass is 298 g/mol. The van der Waals surface area contributed by atoms with Gasteiger partial charge in [-0.15, -0.1) is 0 Å². The average molecular weight is 298 g/mol. The highest BCUT2D eigenvalue weighted by molar-refractivity contribution is 7.88. The maximum absolute atomic E-state index is 12.3. The van der Waals surface area contributed by atoms with Crippen LogP contribution in [0.1, 0.15) is 18.4 Å². The first-order valence-electron chi connectivity index (χ1n) is 6.83. The third-order valence-electron chi connectivity index (χ3n) is 3.63. The molecular weight excluding hydrogens is 276 g/mol. The van der Waals surface area contributed by atoms with Crippen LogP contribution in [0.15, 0.2) is 24.3 Å². The lowest BCUT2D eigenvalue weighted by molar-refractivity contribution is 0.0620. The van der Waals surface area contributed by atoms with Crippen LogP contribution < -0.4 is 5.73 Å². The summed E-state index contributed by atoms with van der Waals surface area (Å²) in [5.74, 6) is 0.391. The number of ether oxygens (including phenoxy) is 1. The van der Waals surface area contributed by atoms with Crippen molar-refractivity contribution in [3.63, 3.8) is 0 Å². The number of hydrogen-bond donors (Lipinski definition) is 1. The van der Waals surface area contributed by atoms with E-state index < -0.39 is 10.0 Å². The average Bonchev–Trinajstić information content (AvgIpc) is 2.39. The minimum Gasteiger partial charge on any atom is -0.399 e.